The zero-order valence-electron chi connectivity index (χ0n) is 15.5. The lowest BCUT2D eigenvalue weighted by Crippen LogP contribution is -3.15. The van der Waals surface area contributed by atoms with Crippen molar-refractivity contribution in [2.45, 2.75) is 26.2 Å². The molecule has 1 fully saturated rings. The summed E-state index contributed by atoms with van der Waals surface area (Å²) in [5.41, 5.74) is 1.16. The highest BCUT2D eigenvalue weighted by Gasteiger charge is 2.27. The molecule has 1 aliphatic carbocycles. The van der Waals surface area contributed by atoms with E-state index in [1.165, 1.54) is 22.5 Å². The molecule has 2 aromatic heterocycles. The van der Waals surface area contributed by atoms with Crippen molar-refractivity contribution in [3.8, 4) is 0 Å². The zero-order chi connectivity index (χ0) is 18.8. The van der Waals surface area contributed by atoms with Crippen LogP contribution in [0.2, 0.25) is 0 Å². The first-order valence-corrected chi connectivity index (χ1v) is 10.3. The molecule has 2 aliphatic rings. The number of hydrogen-bond acceptors (Lipinski definition) is 5. The Morgan fingerprint density at radius 3 is 2.96 bits per heavy atom. The number of nitrogens with one attached hydrogen (secondary N) is 2. The molecule has 8 heteroatoms. The molecule has 3 heterocycles. The van der Waals surface area contributed by atoms with Crippen molar-refractivity contribution < 1.29 is 18.9 Å². The van der Waals surface area contributed by atoms with E-state index in [1.54, 1.807) is 28.4 Å². The topological polar surface area (TPSA) is 79.9 Å². The van der Waals surface area contributed by atoms with Crippen molar-refractivity contribution in [1.82, 2.24) is 9.88 Å². The number of amides is 2. The summed E-state index contributed by atoms with van der Waals surface area (Å²) in [5, 5.41) is 3.70. The number of furan rings is 1. The molecule has 144 valence electrons. The van der Waals surface area contributed by atoms with Crippen LogP contribution in [0.5, 0.6) is 0 Å². The van der Waals surface area contributed by atoms with Crippen molar-refractivity contribution >= 4 is 28.3 Å². The molecule has 2 amide bonds. The van der Waals surface area contributed by atoms with E-state index in [0.717, 1.165) is 36.8 Å². The highest BCUT2D eigenvalue weighted by Crippen LogP contribution is 2.31. The number of aromatic nitrogens is 1. The van der Waals surface area contributed by atoms with E-state index in [1.807, 2.05) is 0 Å². The lowest BCUT2D eigenvalue weighted by atomic mass is 9.93. The first kappa shape index (κ1) is 18.2. The first-order valence-electron chi connectivity index (χ1n) is 9.53. The van der Waals surface area contributed by atoms with Gasteiger partial charge in [0.05, 0.1) is 38.1 Å². The molecule has 0 aromatic carbocycles. The van der Waals surface area contributed by atoms with E-state index in [2.05, 4.69) is 17.2 Å². The Kier molecular flexibility index (Phi) is 5.27. The molecule has 0 spiro atoms. The van der Waals surface area contributed by atoms with Gasteiger partial charge in [0, 0.05) is 4.88 Å². The number of carbonyl (C=O) groups excluding carboxylic acids is 2. The van der Waals surface area contributed by atoms with Crippen LogP contribution in [0, 0.1) is 5.92 Å². The van der Waals surface area contributed by atoms with Crippen molar-refractivity contribution in [2.75, 3.05) is 38.0 Å². The van der Waals surface area contributed by atoms with Gasteiger partial charge >= 0.3 is 0 Å². The van der Waals surface area contributed by atoms with Crippen molar-refractivity contribution in [3.05, 3.63) is 34.7 Å². The van der Waals surface area contributed by atoms with Gasteiger partial charge in [0.1, 0.15) is 0 Å². The van der Waals surface area contributed by atoms with Gasteiger partial charge in [0.25, 0.3) is 11.8 Å². The third kappa shape index (κ3) is 4.22. The van der Waals surface area contributed by atoms with Gasteiger partial charge in [-0.1, -0.05) is 6.92 Å². The molecule has 0 unspecified atom stereocenters. The monoisotopic (exact) mass is 389 g/mol. The van der Waals surface area contributed by atoms with Gasteiger partial charge in [-0.2, -0.15) is 0 Å². The van der Waals surface area contributed by atoms with Crippen molar-refractivity contribution in [3.63, 3.8) is 0 Å². The van der Waals surface area contributed by atoms with Crippen LogP contribution in [0.25, 0.3) is 0 Å². The molecule has 1 atom stereocenters. The molecular formula is C19H25N4O3S+. The van der Waals surface area contributed by atoms with E-state index in [-0.39, 0.29) is 11.8 Å². The van der Waals surface area contributed by atoms with Crippen molar-refractivity contribution in [2.24, 2.45) is 5.92 Å². The Bertz CT molecular complexity index is 809. The number of piperazine rings is 1. The van der Waals surface area contributed by atoms with Gasteiger partial charge in [0.15, 0.2) is 17.4 Å². The molecule has 1 aliphatic heterocycles. The molecule has 0 saturated carbocycles. The van der Waals surface area contributed by atoms with Crippen LogP contribution in [0.4, 0.5) is 5.13 Å². The number of aryl methyl sites for hydroxylation is 1. The number of nitrogens with zero attached hydrogens (tertiary/aromatic N) is 2. The minimum absolute atomic E-state index is 0.00467. The Labute approximate surface area is 162 Å². The Morgan fingerprint density at radius 2 is 2.22 bits per heavy atom. The maximum absolute atomic E-state index is 12.4. The smallest absolute Gasteiger partial charge is 0.289 e. The maximum atomic E-state index is 12.4. The van der Waals surface area contributed by atoms with Crippen LogP contribution in [0.3, 0.4) is 0 Å². The fraction of sp³-hybridized carbons (Fsp3) is 0.526. The summed E-state index contributed by atoms with van der Waals surface area (Å²) >= 11 is 1.62. The van der Waals surface area contributed by atoms with E-state index in [9.17, 15) is 9.59 Å². The molecule has 27 heavy (non-hydrogen) atoms. The van der Waals surface area contributed by atoms with Gasteiger partial charge in [-0.3, -0.25) is 14.9 Å². The zero-order valence-corrected chi connectivity index (χ0v) is 16.3. The molecule has 7 nitrogen and oxygen atoms in total. The third-order valence-electron chi connectivity index (χ3n) is 5.33. The van der Waals surface area contributed by atoms with Gasteiger partial charge in [0.2, 0.25) is 0 Å². The number of thiazole rings is 1. The normalized spacial score (nSPS) is 20.3. The van der Waals surface area contributed by atoms with E-state index in [4.69, 9.17) is 4.42 Å². The Morgan fingerprint density at radius 1 is 1.41 bits per heavy atom. The predicted octanol–water partition coefficient (Wildman–Crippen LogP) is 0.840. The number of hydrogen-bond donors (Lipinski definition) is 2. The lowest BCUT2D eigenvalue weighted by molar-refractivity contribution is -0.895. The summed E-state index contributed by atoms with van der Waals surface area (Å²) in [6.07, 6.45) is 4.77. The molecule has 1 saturated heterocycles. The minimum Gasteiger partial charge on any atom is -0.459 e. The van der Waals surface area contributed by atoms with E-state index < -0.39 is 0 Å². The van der Waals surface area contributed by atoms with E-state index >= 15 is 0 Å². The largest absolute Gasteiger partial charge is 0.459 e. The van der Waals surface area contributed by atoms with Gasteiger partial charge in [-0.05, 0) is 37.3 Å². The second-order valence-electron chi connectivity index (χ2n) is 7.48. The van der Waals surface area contributed by atoms with Crippen molar-refractivity contribution in [1.29, 1.82) is 0 Å². The molecule has 0 bridgehead atoms. The summed E-state index contributed by atoms with van der Waals surface area (Å²) in [4.78, 5) is 33.6. The van der Waals surface area contributed by atoms with E-state index in [0.29, 0.717) is 31.3 Å². The second kappa shape index (κ2) is 7.82. The Hall–Kier alpha value is -2.19. The van der Waals surface area contributed by atoms with Gasteiger partial charge in [-0.25, -0.2) is 4.98 Å². The van der Waals surface area contributed by atoms with Crippen LogP contribution in [-0.4, -0.2) is 54.4 Å². The number of carbonyl (C=O) groups is 2. The van der Waals surface area contributed by atoms with Gasteiger partial charge < -0.3 is 14.2 Å². The lowest BCUT2D eigenvalue weighted by Gasteiger charge is -2.31. The second-order valence-corrected chi connectivity index (χ2v) is 8.56. The number of fused-ring (bicyclic) bond motifs is 1. The molecular weight excluding hydrogens is 364 g/mol. The SMILES string of the molecule is C[C@H]1CCc2nc(NC(=O)C[NH+]3CCN(C(=O)c4ccco4)CC3)sc2C1. The summed E-state index contributed by atoms with van der Waals surface area (Å²) in [5.74, 6) is 0.991. The highest BCUT2D eigenvalue weighted by molar-refractivity contribution is 7.15. The number of rotatable bonds is 4. The fourth-order valence-corrected chi connectivity index (χ4v) is 4.93. The summed E-state index contributed by atoms with van der Waals surface area (Å²) in [7, 11) is 0. The molecule has 2 aromatic rings. The molecule has 0 radical (unpaired) electrons. The summed E-state index contributed by atoms with van der Waals surface area (Å²) < 4.78 is 5.18. The average molecular weight is 390 g/mol. The highest BCUT2D eigenvalue weighted by atomic mass is 32.1. The average Bonchev–Trinajstić information content (AvgIpc) is 3.30. The summed E-state index contributed by atoms with van der Waals surface area (Å²) in [6.45, 7) is 5.44. The van der Waals surface area contributed by atoms with Crippen LogP contribution in [-0.2, 0) is 17.6 Å². The standard InChI is InChI=1S/C19H24N4O3S/c1-13-4-5-14-16(11-13)27-19(20-14)21-17(24)12-22-6-8-23(9-7-22)18(25)15-3-2-10-26-15/h2-3,10,13H,4-9,11-12H2,1H3,(H,20,21,24)/p+1/t13-/m0/s1. The predicted molar refractivity (Wildman–Crippen MR) is 102 cm³/mol. The number of anilines is 1. The number of quaternary nitrogens is 1. The van der Waals surface area contributed by atoms with Crippen LogP contribution in [0.1, 0.15) is 34.5 Å². The fourth-order valence-electron chi connectivity index (χ4n) is 3.74. The molecule has 2 N–H and O–H groups in total. The minimum atomic E-state index is -0.0777. The first-order chi connectivity index (χ1) is 13.1. The van der Waals surface area contributed by atoms with Gasteiger partial charge in [-0.15, -0.1) is 11.3 Å². The maximum Gasteiger partial charge on any atom is 0.289 e. The molecule has 4 rings (SSSR count). The summed E-state index contributed by atoms with van der Waals surface area (Å²) in [6, 6.07) is 3.40. The third-order valence-corrected chi connectivity index (χ3v) is 6.37. The Balaban J connectivity index is 1.26. The van der Waals surface area contributed by atoms with Crippen LogP contribution >= 0.6 is 11.3 Å². The van der Waals surface area contributed by atoms with Crippen LogP contribution < -0.4 is 10.2 Å². The quantitative estimate of drug-likeness (QED) is 0.812. The van der Waals surface area contributed by atoms with Crippen LogP contribution in [0.15, 0.2) is 22.8 Å².